The SMILES string of the molecule is CC(=O)NC(C)c1onc(-c2ccc(F)cc2)c1C(=O)O. The zero-order valence-electron chi connectivity index (χ0n) is 11.4. The first kappa shape index (κ1) is 14.7. The van der Waals surface area contributed by atoms with E-state index in [0.29, 0.717) is 5.56 Å². The lowest BCUT2D eigenvalue weighted by atomic mass is 10.0. The Kier molecular flexibility index (Phi) is 4.02. The number of amides is 1. The molecular weight excluding hydrogens is 279 g/mol. The van der Waals surface area contributed by atoms with E-state index in [9.17, 15) is 19.1 Å². The molecule has 7 heteroatoms. The molecule has 21 heavy (non-hydrogen) atoms. The molecule has 1 heterocycles. The van der Waals surface area contributed by atoms with Gasteiger partial charge < -0.3 is 14.9 Å². The second-order valence-electron chi connectivity index (χ2n) is 4.50. The number of nitrogens with zero attached hydrogens (tertiary/aromatic N) is 1. The second-order valence-corrected chi connectivity index (χ2v) is 4.50. The Morgan fingerprint density at radius 3 is 2.48 bits per heavy atom. The molecule has 0 saturated carbocycles. The minimum atomic E-state index is -1.23. The smallest absolute Gasteiger partial charge is 0.341 e. The number of hydrogen-bond acceptors (Lipinski definition) is 4. The Labute approximate surface area is 119 Å². The van der Waals surface area contributed by atoms with Gasteiger partial charge in [0.05, 0.1) is 6.04 Å². The van der Waals surface area contributed by atoms with Crippen molar-refractivity contribution in [1.82, 2.24) is 10.5 Å². The summed E-state index contributed by atoms with van der Waals surface area (Å²) in [4.78, 5) is 22.5. The van der Waals surface area contributed by atoms with Crippen molar-refractivity contribution in [3.8, 4) is 11.3 Å². The number of rotatable bonds is 4. The number of halogens is 1. The van der Waals surface area contributed by atoms with Gasteiger partial charge >= 0.3 is 5.97 Å². The van der Waals surface area contributed by atoms with Crippen LogP contribution in [0.25, 0.3) is 11.3 Å². The molecule has 2 rings (SSSR count). The number of benzene rings is 1. The number of carboxylic acid groups (broad SMARTS) is 1. The fourth-order valence-corrected chi connectivity index (χ4v) is 1.98. The van der Waals surface area contributed by atoms with Gasteiger partial charge in [0, 0.05) is 12.5 Å². The Morgan fingerprint density at radius 2 is 1.95 bits per heavy atom. The summed E-state index contributed by atoms with van der Waals surface area (Å²) in [5, 5.41) is 15.6. The zero-order chi connectivity index (χ0) is 15.6. The molecule has 0 fully saturated rings. The number of aromatic nitrogens is 1. The Bertz CT molecular complexity index is 679. The standard InChI is InChI=1S/C14H13FN2O4/c1-7(16-8(2)18)13-11(14(19)20)12(17-21-13)9-3-5-10(15)6-4-9/h3-7H,1-2H3,(H,16,18)(H,19,20). The van der Waals surface area contributed by atoms with E-state index in [4.69, 9.17) is 4.52 Å². The predicted octanol–water partition coefficient (Wildman–Crippen LogP) is 2.38. The number of carbonyl (C=O) groups excluding carboxylic acids is 1. The minimum Gasteiger partial charge on any atom is -0.477 e. The molecule has 0 spiro atoms. The van der Waals surface area contributed by atoms with Crippen LogP contribution in [0.2, 0.25) is 0 Å². The molecule has 0 aliphatic heterocycles. The molecule has 1 aromatic heterocycles. The fraction of sp³-hybridized carbons (Fsp3) is 0.214. The Hall–Kier alpha value is -2.70. The third-order valence-electron chi connectivity index (χ3n) is 2.86. The summed E-state index contributed by atoms with van der Waals surface area (Å²) in [6.07, 6.45) is 0. The molecule has 0 aliphatic rings. The quantitative estimate of drug-likeness (QED) is 0.902. The van der Waals surface area contributed by atoms with E-state index >= 15 is 0 Å². The van der Waals surface area contributed by atoms with Crippen molar-refractivity contribution in [1.29, 1.82) is 0 Å². The highest BCUT2D eigenvalue weighted by molar-refractivity contribution is 5.96. The number of nitrogens with one attached hydrogen (secondary N) is 1. The third kappa shape index (κ3) is 3.07. The van der Waals surface area contributed by atoms with E-state index in [0.717, 1.165) is 0 Å². The first-order chi connectivity index (χ1) is 9.90. The fourth-order valence-electron chi connectivity index (χ4n) is 1.98. The van der Waals surface area contributed by atoms with Crippen molar-refractivity contribution in [2.75, 3.05) is 0 Å². The van der Waals surface area contributed by atoms with Crippen LogP contribution in [0.5, 0.6) is 0 Å². The largest absolute Gasteiger partial charge is 0.477 e. The van der Waals surface area contributed by atoms with Crippen LogP contribution in [0, 0.1) is 5.82 Å². The highest BCUT2D eigenvalue weighted by Crippen LogP contribution is 2.29. The molecule has 1 atom stereocenters. The molecule has 0 aliphatic carbocycles. The van der Waals surface area contributed by atoms with Crippen molar-refractivity contribution in [2.24, 2.45) is 0 Å². The molecule has 2 aromatic rings. The van der Waals surface area contributed by atoms with E-state index in [1.807, 2.05) is 0 Å². The summed E-state index contributed by atoms with van der Waals surface area (Å²) in [7, 11) is 0. The Balaban J connectivity index is 2.48. The molecule has 0 saturated heterocycles. The highest BCUT2D eigenvalue weighted by Gasteiger charge is 2.27. The molecule has 6 nitrogen and oxygen atoms in total. The Morgan fingerprint density at radius 1 is 1.33 bits per heavy atom. The maximum Gasteiger partial charge on any atom is 0.341 e. The number of aromatic carboxylic acids is 1. The van der Waals surface area contributed by atoms with Crippen LogP contribution in [0.1, 0.15) is 36.0 Å². The molecule has 1 aromatic carbocycles. The summed E-state index contributed by atoms with van der Waals surface area (Å²) in [5.41, 5.74) is 0.358. The van der Waals surface area contributed by atoms with Crippen LogP contribution >= 0.6 is 0 Å². The molecule has 0 bridgehead atoms. The van der Waals surface area contributed by atoms with Gasteiger partial charge in [0.15, 0.2) is 5.76 Å². The molecule has 110 valence electrons. The average Bonchev–Trinajstić information content (AvgIpc) is 2.83. The maximum absolute atomic E-state index is 12.9. The molecule has 1 amide bonds. The summed E-state index contributed by atoms with van der Waals surface area (Å²) in [5.74, 6) is -1.95. The first-order valence-electron chi connectivity index (χ1n) is 6.16. The van der Waals surface area contributed by atoms with Gasteiger partial charge in [0.1, 0.15) is 17.1 Å². The molecule has 0 radical (unpaired) electrons. The highest BCUT2D eigenvalue weighted by atomic mass is 19.1. The van der Waals surface area contributed by atoms with Crippen LogP contribution in [-0.4, -0.2) is 22.1 Å². The van der Waals surface area contributed by atoms with Crippen LogP contribution in [-0.2, 0) is 4.79 Å². The van der Waals surface area contributed by atoms with Gasteiger partial charge in [-0.2, -0.15) is 0 Å². The van der Waals surface area contributed by atoms with Gasteiger partial charge in [-0.3, -0.25) is 4.79 Å². The molecule has 2 N–H and O–H groups in total. The number of carboxylic acids is 1. The summed E-state index contributed by atoms with van der Waals surface area (Å²) >= 11 is 0. The lowest BCUT2D eigenvalue weighted by molar-refractivity contribution is -0.119. The monoisotopic (exact) mass is 292 g/mol. The van der Waals surface area contributed by atoms with Gasteiger partial charge in [0.25, 0.3) is 0 Å². The van der Waals surface area contributed by atoms with Crippen molar-refractivity contribution in [3.05, 3.63) is 41.4 Å². The van der Waals surface area contributed by atoms with Crippen LogP contribution < -0.4 is 5.32 Å². The lowest BCUT2D eigenvalue weighted by Crippen LogP contribution is -2.24. The van der Waals surface area contributed by atoms with Gasteiger partial charge in [-0.05, 0) is 31.2 Å². The zero-order valence-corrected chi connectivity index (χ0v) is 11.4. The van der Waals surface area contributed by atoms with Crippen LogP contribution in [0.3, 0.4) is 0 Å². The van der Waals surface area contributed by atoms with Gasteiger partial charge in [-0.15, -0.1) is 0 Å². The second kappa shape index (κ2) is 5.74. The lowest BCUT2D eigenvalue weighted by Gasteiger charge is -2.09. The van der Waals surface area contributed by atoms with E-state index in [1.165, 1.54) is 31.2 Å². The topological polar surface area (TPSA) is 92.4 Å². The van der Waals surface area contributed by atoms with Crippen LogP contribution in [0.4, 0.5) is 4.39 Å². The van der Waals surface area contributed by atoms with E-state index in [-0.39, 0.29) is 22.9 Å². The summed E-state index contributed by atoms with van der Waals surface area (Å²) in [6.45, 7) is 2.90. The van der Waals surface area contributed by atoms with Crippen molar-refractivity contribution in [3.63, 3.8) is 0 Å². The van der Waals surface area contributed by atoms with Gasteiger partial charge in [0.2, 0.25) is 5.91 Å². The van der Waals surface area contributed by atoms with Crippen molar-refractivity contribution >= 4 is 11.9 Å². The average molecular weight is 292 g/mol. The van der Waals surface area contributed by atoms with E-state index in [2.05, 4.69) is 10.5 Å². The summed E-state index contributed by atoms with van der Waals surface area (Å²) in [6, 6.07) is 4.58. The van der Waals surface area contributed by atoms with Gasteiger partial charge in [-0.25, -0.2) is 9.18 Å². The predicted molar refractivity (Wildman–Crippen MR) is 71.1 cm³/mol. The normalized spacial score (nSPS) is 12.0. The first-order valence-corrected chi connectivity index (χ1v) is 6.16. The summed E-state index contributed by atoms with van der Waals surface area (Å²) < 4.78 is 18.0. The minimum absolute atomic E-state index is 0.0389. The van der Waals surface area contributed by atoms with E-state index in [1.54, 1.807) is 6.92 Å². The van der Waals surface area contributed by atoms with Gasteiger partial charge in [-0.1, -0.05) is 5.16 Å². The van der Waals surface area contributed by atoms with E-state index < -0.39 is 17.8 Å². The molecule has 1 unspecified atom stereocenters. The van der Waals surface area contributed by atoms with Crippen LogP contribution in [0.15, 0.2) is 28.8 Å². The third-order valence-corrected chi connectivity index (χ3v) is 2.86. The van der Waals surface area contributed by atoms with Crippen molar-refractivity contribution < 1.29 is 23.6 Å². The maximum atomic E-state index is 12.9. The van der Waals surface area contributed by atoms with Crippen molar-refractivity contribution in [2.45, 2.75) is 19.9 Å². The molecular formula is C14H13FN2O4. The number of carbonyl (C=O) groups is 2. The number of hydrogen-bond donors (Lipinski definition) is 2.